The van der Waals surface area contributed by atoms with Gasteiger partial charge in [-0.25, -0.2) is 4.79 Å². The molecule has 0 spiro atoms. The highest BCUT2D eigenvalue weighted by molar-refractivity contribution is 6.30. The lowest BCUT2D eigenvalue weighted by molar-refractivity contribution is 0.183. The minimum atomic E-state index is -0.154. The van der Waals surface area contributed by atoms with Crippen LogP contribution in [-0.4, -0.2) is 22.0 Å². The summed E-state index contributed by atoms with van der Waals surface area (Å²) in [6.45, 7) is 0.389. The third-order valence-electron chi connectivity index (χ3n) is 4.40. The maximum absolute atomic E-state index is 12.8. The average Bonchev–Trinajstić information content (AvgIpc) is 3.16. The lowest BCUT2D eigenvalue weighted by Crippen LogP contribution is -2.41. The number of hydrogen-bond donors (Lipinski definition) is 1. The van der Waals surface area contributed by atoms with Gasteiger partial charge in [0.15, 0.2) is 0 Å². The molecule has 2 aromatic rings. The monoisotopic (exact) mass is 354 g/mol. The molecule has 25 heavy (non-hydrogen) atoms. The fourth-order valence-corrected chi connectivity index (χ4v) is 3.25. The molecule has 1 saturated carbocycles. The SMILES string of the molecule is N#Cc1ccnc(CN(C(=O)Nc2ccc(Cl)cc2)C2CCCC2)c1. The first-order chi connectivity index (χ1) is 12.2. The maximum atomic E-state index is 12.8. The van der Waals surface area contributed by atoms with Gasteiger partial charge < -0.3 is 10.2 Å². The summed E-state index contributed by atoms with van der Waals surface area (Å²) < 4.78 is 0. The molecule has 1 fully saturated rings. The van der Waals surface area contributed by atoms with E-state index in [0.717, 1.165) is 31.4 Å². The van der Waals surface area contributed by atoms with Crippen molar-refractivity contribution in [3.8, 4) is 6.07 Å². The summed E-state index contributed by atoms with van der Waals surface area (Å²) in [6.07, 6.45) is 5.85. The highest BCUT2D eigenvalue weighted by atomic mass is 35.5. The Bertz CT molecular complexity index is 779. The molecule has 5 nitrogen and oxygen atoms in total. The molecule has 1 aliphatic rings. The minimum Gasteiger partial charge on any atom is -0.316 e. The van der Waals surface area contributed by atoms with Crippen molar-refractivity contribution in [1.82, 2.24) is 9.88 Å². The molecule has 0 radical (unpaired) electrons. The van der Waals surface area contributed by atoms with Crippen molar-refractivity contribution in [1.29, 1.82) is 5.26 Å². The molecule has 128 valence electrons. The Morgan fingerprint density at radius 1 is 1.28 bits per heavy atom. The second-order valence-electron chi connectivity index (χ2n) is 6.15. The minimum absolute atomic E-state index is 0.154. The first-order valence-electron chi connectivity index (χ1n) is 8.34. The summed E-state index contributed by atoms with van der Waals surface area (Å²) in [5.74, 6) is 0. The molecule has 1 aromatic heterocycles. The number of carbonyl (C=O) groups is 1. The van der Waals surface area contributed by atoms with Gasteiger partial charge in [-0.3, -0.25) is 4.98 Å². The number of rotatable bonds is 4. The predicted molar refractivity (Wildman–Crippen MR) is 97.2 cm³/mol. The van der Waals surface area contributed by atoms with Crippen molar-refractivity contribution in [3.05, 3.63) is 58.9 Å². The van der Waals surface area contributed by atoms with E-state index in [2.05, 4.69) is 16.4 Å². The predicted octanol–water partition coefficient (Wildman–Crippen LogP) is 4.58. The van der Waals surface area contributed by atoms with Crippen LogP contribution >= 0.6 is 11.6 Å². The molecule has 2 amide bonds. The molecule has 0 bridgehead atoms. The Labute approximate surface area is 152 Å². The number of nitriles is 1. The molecule has 1 N–H and O–H groups in total. The van der Waals surface area contributed by atoms with Crippen LogP contribution < -0.4 is 5.32 Å². The molecule has 0 aliphatic heterocycles. The number of aromatic nitrogens is 1. The Hall–Kier alpha value is -2.58. The van der Waals surface area contributed by atoms with Crippen LogP contribution in [0, 0.1) is 11.3 Å². The van der Waals surface area contributed by atoms with Crippen LogP contribution in [0.2, 0.25) is 5.02 Å². The van der Waals surface area contributed by atoms with Gasteiger partial charge >= 0.3 is 6.03 Å². The molecule has 3 rings (SSSR count). The van der Waals surface area contributed by atoms with E-state index in [0.29, 0.717) is 22.8 Å². The van der Waals surface area contributed by atoms with E-state index < -0.39 is 0 Å². The third kappa shape index (κ3) is 4.49. The van der Waals surface area contributed by atoms with E-state index in [1.807, 2.05) is 4.90 Å². The van der Waals surface area contributed by atoms with Gasteiger partial charge in [-0.05, 0) is 49.2 Å². The van der Waals surface area contributed by atoms with Gasteiger partial charge in [-0.1, -0.05) is 24.4 Å². The molecular weight excluding hydrogens is 336 g/mol. The first-order valence-corrected chi connectivity index (χ1v) is 8.72. The van der Waals surface area contributed by atoms with E-state index in [9.17, 15) is 4.79 Å². The number of benzene rings is 1. The molecule has 1 aliphatic carbocycles. The topological polar surface area (TPSA) is 69.0 Å². The van der Waals surface area contributed by atoms with Gasteiger partial charge in [0.05, 0.1) is 23.9 Å². The lowest BCUT2D eigenvalue weighted by Gasteiger charge is -2.29. The second-order valence-corrected chi connectivity index (χ2v) is 6.59. The smallest absolute Gasteiger partial charge is 0.316 e. The number of halogens is 1. The molecule has 1 heterocycles. The number of hydrogen-bond acceptors (Lipinski definition) is 3. The van der Waals surface area contributed by atoms with Crippen molar-refractivity contribution in [2.75, 3.05) is 5.32 Å². The number of amides is 2. The van der Waals surface area contributed by atoms with Crippen molar-refractivity contribution in [3.63, 3.8) is 0 Å². The highest BCUT2D eigenvalue weighted by Gasteiger charge is 2.27. The van der Waals surface area contributed by atoms with E-state index in [1.54, 1.807) is 42.6 Å². The maximum Gasteiger partial charge on any atom is 0.322 e. The molecular formula is C19H19ClN4O. The van der Waals surface area contributed by atoms with Crippen LogP contribution in [0.3, 0.4) is 0 Å². The lowest BCUT2D eigenvalue weighted by atomic mass is 10.2. The first kappa shape index (κ1) is 17.2. The van der Waals surface area contributed by atoms with Gasteiger partial charge in [0.25, 0.3) is 0 Å². The number of pyridine rings is 1. The number of nitrogens with zero attached hydrogens (tertiary/aromatic N) is 3. The van der Waals surface area contributed by atoms with Gasteiger partial charge in [0, 0.05) is 22.9 Å². The van der Waals surface area contributed by atoms with Gasteiger partial charge in [-0.2, -0.15) is 5.26 Å². The van der Waals surface area contributed by atoms with Gasteiger partial charge in [0.2, 0.25) is 0 Å². The van der Waals surface area contributed by atoms with E-state index in [-0.39, 0.29) is 12.1 Å². The number of anilines is 1. The Morgan fingerprint density at radius 2 is 2.00 bits per heavy atom. The van der Waals surface area contributed by atoms with E-state index in [1.165, 1.54) is 0 Å². The normalized spacial score (nSPS) is 14.1. The molecule has 6 heteroatoms. The number of urea groups is 1. The average molecular weight is 355 g/mol. The van der Waals surface area contributed by atoms with E-state index >= 15 is 0 Å². The summed E-state index contributed by atoms with van der Waals surface area (Å²) in [5.41, 5.74) is 1.97. The fourth-order valence-electron chi connectivity index (χ4n) is 3.12. The van der Waals surface area contributed by atoms with Gasteiger partial charge in [0.1, 0.15) is 0 Å². The fraction of sp³-hybridized carbons (Fsp3) is 0.316. The Balaban J connectivity index is 1.77. The van der Waals surface area contributed by atoms with Crippen LogP contribution in [0.1, 0.15) is 36.9 Å². The zero-order valence-electron chi connectivity index (χ0n) is 13.8. The van der Waals surface area contributed by atoms with Crippen LogP contribution in [-0.2, 0) is 6.54 Å². The highest BCUT2D eigenvalue weighted by Crippen LogP contribution is 2.26. The summed E-state index contributed by atoms with van der Waals surface area (Å²) in [5, 5.41) is 12.6. The summed E-state index contributed by atoms with van der Waals surface area (Å²) in [6, 6.07) is 12.6. The molecule has 0 saturated heterocycles. The largest absolute Gasteiger partial charge is 0.322 e. The summed E-state index contributed by atoms with van der Waals surface area (Å²) in [7, 11) is 0. The summed E-state index contributed by atoms with van der Waals surface area (Å²) >= 11 is 5.89. The van der Waals surface area contributed by atoms with Crippen LogP contribution in [0.25, 0.3) is 0 Å². The van der Waals surface area contributed by atoms with Crippen LogP contribution in [0.5, 0.6) is 0 Å². The van der Waals surface area contributed by atoms with Crippen LogP contribution in [0.15, 0.2) is 42.6 Å². The standard InChI is InChI=1S/C19H19ClN4O/c20-15-5-7-16(8-6-15)23-19(25)24(18-3-1-2-4-18)13-17-11-14(12-21)9-10-22-17/h5-11,18H,1-4,13H2,(H,23,25). The quantitative estimate of drug-likeness (QED) is 0.873. The van der Waals surface area contributed by atoms with Crippen LogP contribution in [0.4, 0.5) is 10.5 Å². The molecule has 1 aromatic carbocycles. The van der Waals surface area contributed by atoms with Crippen molar-refractivity contribution in [2.24, 2.45) is 0 Å². The molecule has 0 unspecified atom stereocenters. The zero-order valence-corrected chi connectivity index (χ0v) is 14.5. The summed E-state index contributed by atoms with van der Waals surface area (Å²) in [4.78, 5) is 19.0. The van der Waals surface area contributed by atoms with Crippen molar-refractivity contribution < 1.29 is 4.79 Å². The Morgan fingerprint density at radius 3 is 2.68 bits per heavy atom. The van der Waals surface area contributed by atoms with E-state index in [4.69, 9.17) is 16.9 Å². The van der Waals surface area contributed by atoms with Crippen molar-refractivity contribution in [2.45, 2.75) is 38.3 Å². The zero-order chi connectivity index (χ0) is 17.6. The number of carbonyl (C=O) groups excluding carboxylic acids is 1. The second kappa shape index (κ2) is 8.00. The van der Waals surface area contributed by atoms with Gasteiger partial charge in [-0.15, -0.1) is 0 Å². The van der Waals surface area contributed by atoms with Crippen molar-refractivity contribution >= 4 is 23.3 Å². The molecule has 0 atom stereocenters. The number of nitrogens with one attached hydrogen (secondary N) is 1. The Kier molecular flexibility index (Phi) is 5.52. The third-order valence-corrected chi connectivity index (χ3v) is 4.65.